The Bertz CT molecular complexity index is 264. The lowest BCUT2D eigenvalue weighted by atomic mass is 9.81. The fraction of sp³-hybridized carbons (Fsp3) is 0.692. The van der Waals surface area contributed by atoms with Crippen LogP contribution in [-0.4, -0.2) is 12.6 Å². The molecule has 2 rings (SSSR count). The average Bonchev–Trinajstić information content (AvgIpc) is 2.64. The van der Waals surface area contributed by atoms with E-state index in [2.05, 4.69) is 12.2 Å². The summed E-state index contributed by atoms with van der Waals surface area (Å²) in [6.45, 7) is 3.32. The van der Waals surface area contributed by atoms with Crippen molar-refractivity contribution in [2.75, 3.05) is 6.54 Å². The Hall–Kier alpha value is -0.760. The van der Waals surface area contributed by atoms with E-state index in [0.717, 1.165) is 24.6 Å². The van der Waals surface area contributed by atoms with Crippen molar-refractivity contribution < 1.29 is 4.42 Å². The van der Waals surface area contributed by atoms with E-state index >= 15 is 0 Å². The van der Waals surface area contributed by atoms with Crippen molar-refractivity contribution in [1.82, 2.24) is 5.32 Å². The summed E-state index contributed by atoms with van der Waals surface area (Å²) >= 11 is 0. The highest BCUT2D eigenvalue weighted by molar-refractivity contribution is 4.98. The maximum Gasteiger partial charge on any atom is 0.105 e. The summed E-state index contributed by atoms with van der Waals surface area (Å²) in [4.78, 5) is 0. The molecule has 0 spiro atoms. The van der Waals surface area contributed by atoms with Gasteiger partial charge in [0.25, 0.3) is 0 Å². The van der Waals surface area contributed by atoms with Gasteiger partial charge in [0.1, 0.15) is 5.76 Å². The Labute approximate surface area is 92.1 Å². The molecular formula is C13H21NO. The Morgan fingerprint density at radius 1 is 1.53 bits per heavy atom. The minimum atomic E-state index is 0.658. The van der Waals surface area contributed by atoms with Crippen molar-refractivity contribution in [2.45, 2.75) is 45.1 Å². The van der Waals surface area contributed by atoms with Crippen molar-refractivity contribution in [2.24, 2.45) is 5.92 Å². The Morgan fingerprint density at radius 3 is 3.00 bits per heavy atom. The van der Waals surface area contributed by atoms with Crippen molar-refractivity contribution in [3.63, 3.8) is 0 Å². The molecule has 2 heteroatoms. The lowest BCUT2D eigenvalue weighted by Gasteiger charge is -2.28. The van der Waals surface area contributed by atoms with Gasteiger partial charge in [-0.3, -0.25) is 0 Å². The number of hydrogen-bond acceptors (Lipinski definition) is 2. The fourth-order valence-corrected chi connectivity index (χ4v) is 2.21. The molecule has 84 valence electrons. The molecule has 0 amide bonds. The molecule has 15 heavy (non-hydrogen) atoms. The summed E-state index contributed by atoms with van der Waals surface area (Å²) in [6.07, 6.45) is 8.44. The first-order valence-electron chi connectivity index (χ1n) is 6.10. The molecule has 1 unspecified atom stereocenters. The van der Waals surface area contributed by atoms with E-state index < -0.39 is 0 Å². The molecule has 1 aliphatic rings. The van der Waals surface area contributed by atoms with Crippen molar-refractivity contribution >= 4 is 0 Å². The number of nitrogens with one attached hydrogen (secondary N) is 1. The van der Waals surface area contributed by atoms with Gasteiger partial charge in [-0.25, -0.2) is 0 Å². The summed E-state index contributed by atoms with van der Waals surface area (Å²) in [5.41, 5.74) is 0. The first-order valence-corrected chi connectivity index (χ1v) is 6.10. The zero-order valence-corrected chi connectivity index (χ0v) is 9.54. The number of rotatable bonds is 6. The van der Waals surface area contributed by atoms with E-state index in [9.17, 15) is 0 Å². The van der Waals surface area contributed by atoms with Crippen molar-refractivity contribution in [3.8, 4) is 0 Å². The molecule has 0 aromatic carbocycles. The zero-order valence-electron chi connectivity index (χ0n) is 9.54. The van der Waals surface area contributed by atoms with Crippen molar-refractivity contribution in [1.29, 1.82) is 0 Å². The third-order valence-corrected chi connectivity index (χ3v) is 3.36. The Kier molecular flexibility index (Phi) is 3.84. The van der Waals surface area contributed by atoms with Gasteiger partial charge in [0.2, 0.25) is 0 Å². The van der Waals surface area contributed by atoms with Gasteiger partial charge in [0.15, 0.2) is 0 Å². The second-order valence-corrected chi connectivity index (χ2v) is 4.72. The molecule has 1 N–H and O–H groups in total. The van der Waals surface area contributed by atoms with Gasteiger partial charge < -0.3 is 9.73 Å². The van der Waals surface area contributed by atoms with Crippen LogP contribution in [-0.2, 0) is 6.42 Å². The SMILES string of the molecule is CC(CC1CCC1)NCCc1ccco1. The summed E-state index contributed by atoms with van der Waals surface area (Å²) < 4.78 is 5.29. The molecule has 1 aromatic rings. The van der Waals surface area contributed by atoms with Gasteiger partial charge in [-0.2, -0.15) is 0 Å². The predicted octanol–water partition coefficient (Wildman–Crippen LogP) is 2.99. The topological polar surface area (TPSA) is 25.2 Å². The number of furan rings is 1. The second-order valence-electron chi connectivity index (χ2n) is 4.72. The standard InChI is InChI=1S/C13H21NO/c1-11(10-12-4-2-5-12)14-8-7-13-6-3-9-15-13/h3,6,9,11-12,14H,2,4-5,7-8,10H2,1H3. The Morgan fingerprint density at radius 2 is 2.40 bits per heavy atom. The largest absolute Gasteiger partial charge is 0.469 e. The highest BCUT2D eigenvalue weighted by Gasteiger charge is 2.19. The summed E-state index contributed by atoms with van der Waals surface area (Å²) in [5.74, 6) is 2.08. The monoisotopic (exact) mass is 207 g/mol. The van der Waals surface area contributed by atoms with E-state index in [0.29, 0.717) is 6.04 Å². The molecule has 1 aromatic heterocycles. The fourth-order valence-electron chi connectivity index (χ4n) is 2.21. The van der Waals surface area contributed by atoms with Crippen LogP contribution in [0.4, 0.5) is 0 Å². The van der Waals surface area contributed by atoms with Crippen LogP contribution in [0.25, 0.3) is 0 Å². The molecule has 1 heterocycles. The highest BCUT2D eigenvalue weighted by atomic mass is 16.3. The quantitative estimate of drug-likeness (QED) is 0.775. The van der Waals surface area contributed by atoms with Gasteiger partial charge in [0, 0.05) is 19.0 Å². The third-order valence-electron chi connectivity index (χ3n) is 3.36. The average molecular weight is 207 g/mol. The van der Waals surface area contributed by atoms with Crippen molar-refractivity contribution in [3.05, 3.63) is 24.2 Å². The summed E-state index contributed by atoms with van der Waals surface area (Å²) in [7, 11) is 0. The minimum Gasteiger partial charge on any atom is -0.469 e. The van der Waals surface area contributed by atoms with E-state index in [1.807, 2.05) is 12.1 Å². The van der Waals surface area contributed by atoms with E-state index in [1.165, 1.54) is 25.7 Å². The second kappa shape index (κ2) is 5.36. The first-order chi connectivity index (χ1) is 7.34. The maximum atomic E-state index is 5.29. The van der Waals surface area contributed by atoms with E-state index in [1.54, 1.807) is 6.26 Å². The molecule has 1 aliphatic carbocycles. The molecular weight excluding hydrogens is 186 g/mol. The molecule has 0 saturated heterocycles. The van der Waals surface area contributed by atoms with E-state index in [4.69, 9.17) is 4.42 Å². The summed E-state index contributed by atoms with van der Waals surface area (Å²) in [6, 6.07) is 4.65. The van der Waals surface area contributed by atoms with Gasteiger partial charge in [-0.15, -0.1) is 0 Å². The van der Waals surface area contributed by atoms with Crippen LogP contribution in [0.1, 0.15) is 38.4 Å². The van der Waals surface area contributed by atoms with E-state index in [-0.39, 0.29) is 0 Å². The van der Waals surface area contributed by atoms with Crippen LogP contribution in [0.3, 0.4) is 0 Å². The van der Waals surface area contributed by atoms with Crippen LogP contribution in [0.5, 0.6) is 0 Å². The van der Waals surface area contributed by atoms with Crippen LogP contribution >= 0.6 is 0 Å². The van der Waals surface area contributed by atoms with Gasteiger partial charge in [0.05, 0.1) is 6.26 Å². The van der Waals surface area contributed by atoms with Gasteiger partial charge in [-0.1, -0.05) is 19.3 Å². The van der Waals surface area contributed by atoms with Gasteiger partial charge in [-0.05, 0) is 31.4 Å². The van der Waals surface area contributed by atoms with Crippen LogP contribution in [0.15, 0.2) is 22.8 Å². The minimum absolute atomic E-state index is 0.658. The lowest BCUT2D eigenvalue weighted by molar-refractivity contribution is 0.266. The highest BCUT2D eigenvalue weighted by Crippen LogP contribution is 2.30. The molecule has 0 radical (unpaired) electrons. The molecule has 1 saturated carbocycles. The predicted molar refractivity (Wildman–Crippen MR) is 61.8 cm³/mol. The molecule has 0 aliphatic heterocycles. The smallest absolute Gasteiger partial charge is 0.105 e. The lowest BCUT2D eigenvalue weighted by Crippen LogP contribution is -2.31. The zero-order chi connectivity index (χ0) is 10.5. The first kappa shape index (κ1) is 10.7. The molecule has 2 nitrogen and oxygen atoms in total. The Balaban J connectivity index is 1.56. The molecule has 0 bridgehead atoms. The molecule has 1 atom stereocenters. The molecule has 1 fully saturated rings. The number of hydrogen-bond donors (Lipinski definition) is 1. The third kappa shape index (κ3) is 3.38. The normalized spacial score (nSPS) is 18.7. The van der Waals surface area contributed by atoms with Crippen LogP contribution in [0.2, 0.25) is 0 Å². The summed E-state index contributed by atoms with van der Waals surface area (Å²) in [5, 5.41) is 3.56. The maximum absolute atomic E-state index is 5.29. The van der Waals surface area contributed by atoms with Crippen LogP contribution < -0.4 is 5.32 Å². The van der Waals surface area contributed by atoms with Gasteiger partial charge >= 0.3 is 0 Å². The van der Waals surface area contributed by atoms with Crippen LogP contribution in [0, 0.1) is 5.92 Å².